The Kier molecular flexibility index (Phi) is 6.62. The standard InChI is InChI=1S/C27H27N5O3/c1-18(34)27-28-12-13-32(27)23(16-33)9-4-19-2-5-20(6-3-19)21-7-10-24(11-8-21)35-25-14-22(15-25)26-29-17-30-31-26/h2-3,5-8,10-13,17-18,22-23,25,33-34H,14-16H2,1H3,(H,29,30,31)/t18-,22?,23-,25?/m0/s1. The van der Waals surface area contributed by atoms with E-state index < -0.39 is 12.1 Å². The molecule has 5 rings (SSSR count). The van der Waals surface area contributed by atoms with E-state index in [2.05, 4.69) is 44.1 Å². The summed E-state index contributed by atoms with van der Waals surface area (Å²) in [6, 6.07) is 15.6. The number of aliphatic hydroxyl groups excluding tert-OH is 2. The van der Waals surface area contributed by atoms with Crippen molar-refractivity contribution in [3.8, 4) is 28.7 Å². The van der Waals surface area contributed by atoms with E-state index in [-0.39, 0.29) is 12.7 Å². The molecule has 2 aromatic heterocycles. The monoisotopic (exact) mass is 469 g/mol. The zero-order valence-electron chi connectivity index (χ0n) is 19.4. The molecule has 0 bridgehead atoms. The Morgan fingerprint density at radius 1 is 1.09 bits per heavy atom. The number of aromatic nitrogens is 5. The van der Waals surface area contributed by atoms with Gasteiger partial charge in [0.2, 0.25) is 0 Å². The number of nitrogens with zero attached hydrogens (tertiary/aromatic N) is 4. The van der Waals surface area contributed by atoms with Crippen LogP contribution in [-0.4, -0.2) is 47.7 Å². The van der Waals surface area contributed by atoms with Crippen molar-refractivity contribution in [2.24, 2.45) is 0 Å². The molecule has 2 aromatic carbocycles. The molecule has 178 valence electrons. The molecule has 0 saturated heterocycles. The van der Waals surface area contributed by atoms with Crippen LogP contribution in [0, 0.1) is 11.8 Å². The van der Waals surface area contributed by atoms with Crippen LogP contribution in [0.4, 0.5) is 0 Å². The van der Waals surface area contributed by atoms with Crippen LogP contribution >= 0.6 is 0 Å². The number of benzene rings is 2. The Morgan fingerprint density at radius 3 is 2.43 bits per heavy atom. The fourth-order valence-corrected chi connectivity index (χ4v) is 4.24. The number of aliphatic hydroxyl groups is 2. The number of H-pyrrole nitrogens is 1. The molecule has 2 heterocycles. The third-order valence-electron chi connectivity index (χ3n) is 6.25. The maximum Gasteiger partial charge on any atom is 0.138 e. The van der Waals surface area contributed by atoms with Gasteiger partial charge in [-0.15, -0.1) is 0 Å². The number of nitrogens with one attached hydrogen (secondary N) is 1. The van der Waals surface area contributed by atoms with Gasteiger partial charge in [0.25, 0.3) is 0 Å². The van der Waals surface area contributed by atoms with Crippen LogP contribution in [0.15, 0.2) is 67.3 Å². The second-order valence-electron chi connectivity index (χ2n) is 8.72. The van der Waals surface area contributed by atoms with Crippen molar-refractivity contribution in [2.75, 3.05) is 6.61 Å². The van der Waals surface area contributed by atoms with Gasteiger partial charge in [-0.3, -0.25) is 5.10 Å². The Balaban J connectivity index is 1.20. The van der Waals surface area contributed by atoms with Crippen LogP contribution in [0.1, 0.15) is 55.0 Å². The zero-order valence-corrected chi connectivity index (χ0v) is 19.4. The maximum atomic E-state index is 9.86. The second-order valence-corrected chi connectivity index (χ2v) is 8.72. The molecular weight excluding hydrogens is 442 g/mol. The molecule has 1 saturated carbocycles. The number of ether oxygens (including phenoxy) is 1. The third-order valence-corrected chi connectivity index (χ3v) is 6.25. The summed E-state index contributed by atoms with van der Waals surface area (Å²) < 4.78 is 7.79. The third kappa shape index (κ3) is 5.11. The van der Waals surface area contributed by atoms with Crippen LogP contribution in [0.2, 0.25) is 0 Å². The van der Waals surface area contributed by atoms with Gasteiger partial charge in [-0.25, -0.2) is 9.97 Å². The van der Waals surface area contributed by atoms with Crippen LogP contribution in [0.25, 0.3) is 11.1 Å². The average Bonchev–Trinajstić information content (AvgIpc) is 3.55. The van der Waals surface area contributed by atoms with Gasteiger partial charge in [-0.1, -0.05) is 36.1 Å². The lowest BCUT2D eigenvalue weighted by Crippen LogP contribution is -2.32. The highest BCUT2D eigenvalue weighted by atomic mass is 16.5. The predicted octanol–water partition coefficient (Wildman–Crippen LogP) is 3.63. The summed E-state index contributed by atoms with van der Waals surface area (Å²) in [6.45, 7) is 1.47. The van der Waals surface area contributed by atoms with E-state index in [0.29, 0.717) is 11.7 Å². The Labute approximate surface area is 203 Å². The Bertz CT molecular complexity index is 1300. The smallest absolute Gasteiger partial charge is 0.138 e. The number of aromatic amines is 1. The molecule has 35 heavy (non-hydrogen) atoms. The van der Waals surface area contributed by atoms with Gasteiger partial charge in [0.15, 0.2) is 0 Å². The molecule has 2 atom stereocenters. The van der Waals surface area contributed by atoms with Gasteiger partial charge < -0.3 is 19.5 Å². The fraction of sp³-hybridized carbons (Fsp3) is 0.296. The first-order valence-corrected chi connectivity index (χ1v) is 11.7. The predicted molar refractivity (Wildman–Crippen MR) is 131 cm³/mol. The first-order valence-electron chi connectivity index (χ1n) is 11.7. The summed E-state index contributed by atoms with van der Waals surface area (Å²) in [5.74, 6) is 8.87. The molecular formula is C27H27N5O3. The highest BCUT2D eigenvalue weighted by Crippen LogP contribution is 2.37. The summed E-state index contributed by atoms with van der Waals surface area (Å²) in [5, 5.41) is 26.5. The summed E-state index contributed by atoms with van der Waals surface area (Å²) in [5.41, 5.74) is 3.02. The molecule has 4 aromatic rings. The SMILES string of the molecule is C[C@H](O)c1nccn1[C@@H](C#Cc1ccc(-c2ccc(OC3CC(c4ncn[nH]4)C3)cc2)cc1)CO. The molecule has 0 spiro atoms. The molecule has 3 N–H and O–H groups in total. The zero-order chi connectivity index (χ0) is 24.2. The molecule has 0 aliphatic heterocycles. The van der Waals surface area contributed by atoms with Gasteiger partial charge >= 0.3 is 0 Å². The molecule has 1 aliphatic carbocycles. The summed E-state index contributed by atoms with van der Waals surface area (Å²) in [6.07, 6.45) is 6.21. The van der Waals surface area contributed by atoms with Gasteiger partial charge in [-0.05, 0) is 55.2 Å². The molecule has 0 unspecified atom stereocenters. The maximum absolute atomic E-state index is 9.86. The minimum Gasteiger partial charge on any atom is -0.490 e. The minimum absolute atomic E-state index is 0.169. The van der Waals surface area contributed by atoms with Crippen LogP contribution in [0.3, 0.4) is 0 Å². The van der Waals surface area contributed by atoms with Crippen molar-refractivity contribution in [1.82, 2.24) is 24.7 Å². The molecule has 0 amide bonds. The topological polar surface area (TPSA) is 109 Å². The van der Waals surface area contributed by atoms with Crippen molar-refractivity contribution < 1.29 is 14.9 Å². The van der Waals surface area contributed by atoms with E-state index in [0.717, 1.165) is 41.1 Å². The Hall–Kier alpha value is -3.93. The fourth-order valence-electron chi connectivity index (χ4n) is 4.24. The average molecular weight is 470 g/mol. The lowest BCUT2D eigenvalue weighted by atomic mass is 9.82. The van der Waals surface area contributed by atoms with Crippen molar-refractivity contribution >= 4 is 0 Å². The number of rotatable bonds is 7. The lowest BCUT2D eigenvalue weighted by Gasteiger charge is -2.33. The largest absolute Gasteiger partial charge is 0.490 e. The van der Waals surface area contributed by atoms with E-state index in [4.69, 9.17) is 4.74 Å². The number of hydrogen-bond donors (Lipinski definition) is 3. The van der Waals surface area contributed by atoms with Crippen molar-refractivity contribution in [1.29, 1.82) is 0 Å². The summed E-state index contributed by atoms with van der Waals surface area (Å²) in [7, 11) is 0. The lowest BCUT2D eigenvalue weighted by molar-refractivity contribution is 0.0954. The van der Waals surface area contributed by atoms with Crippen LogP contribution in [-0.2, 0) is 0 Å². The van der Waals surface area contributed by atoms with Crippen molar-refractivity contribution in [3.63, 3.8) is 0 Å². The highest BCUT2D eigenvalue weighted by molar-refractivity contribution is 5.65. The van der Waals surface area contributed by atoms with E-state index in [1.165, 1.54) is 0 Å². The van der Waals surface area contributed by atoms with Crippen molar-refractivity contribution in [3.05, 3.63) is 84.5 Å². The highest BCUT2D eigenvalue weighted by Gasteiger charge is 2.33. The van der Waals surface area contributed by atoms with Gasteiger partial charge in [0.1, 0.15) is 42.0 Å². The van der Waals surface area contributed by atoms with Crippen LogP contribution in [0.5, 0.6) is 5.75 Å². The van der Waals surface area contributed by atoms with Crippen LogP contribution < -0.4 is 4.74 Å². The molecule has 1 fully saturated rings. The number of imidazole rings is 1. The van der Waals surface area contributed by atoms with E-state index >= 15 is 0 Å². The van der Waals surface area contributed by atoms with Crippen molar-refractivity contribution in [2.45, 2.75) is 43.9 Å². The number of hydrogen-bond acceptors (Lipinski definition) is 6. The van der Waals surface area contributed by atoms with Gasteiger partial charge in [0.05, 0.1) is 6.61 Å². The second kappa shape index (κ2) is 10.1. The summed E-state index contributed by atoms with van der Waals surface area (Å²) in [4.78, 5) is 8.37. The normalized spacial score (nSPS) is 18.7. The summed E-state index contributed by atoms with van der Waals surface area (Å²) >= 11 is 0. The first-order chi connectivity index (χ1) is 17.1. The Morgan fingerprint density at radius 2 is 1.80 bits per heavy atom. The molecule has 8 heteroatoms. The van der Waals surface area contributed by atoms with Gasteiger partial charge in [-0.2, -0.15) is 5.10 Å². The molecule has 1 aliphatic rings. The van der Waals surface area contributed by atoms with E-state index in [1.54, 1.807) is 30.2 Å². The van der Waals surface area contributed by atoms with Gasteiger partial charge in [0, 0.05) is 23.9 Å². The minimum atomic E-state index is -0.734. The molecule has 8 nitrogen and oxygen atoms in total. The quantitative estimate of drug-likeness (QED) is 0.357. The van der Waals surface area contributed by atoms with E-state index in [9.17, 15) is 10.2 Å². The first kappa shape index (κ1) is 22.8. The molecule has 0 radical (unpaired) electrons. The van der Waals surface area contributed by atoms with E-state index in [1.807, 2.05) is 36.4 Å².